The molecule has 0 spiro atoms. The molecule has 1 aliphatic carbocycles. The number of hydrogen-bond donors (Lipinski definition) is 0. The van der Waals surface area contributed by atoms with Crippen molar-refractivity contribution in [3.63, 3.8) is 0 Å². The van der Waals surface area contributed by atoms with Crippen molar-refractivity contribution in [1.82, 2.24) is 0 Å². The monoisotopic (exact) mass is 402 g/mol. The maximum atomic E-state index is 13.6. The van der Waals surface area contributed by atoms with Crippen LogP contribution in [0.2, 0.25) is 0 Å². The van der Waals surface area contributed by atoms with Gasteiger partial charge in [-0.15, -0.1) is 11.8 Å². The Morgan fingerprint density at radius 1 is 0.964 bits per heavy atom. The minimum Gasteiger partial charge on any atom is -0.293 e. The Morgan fingerprint density at radius 3 is 2.07 bits per heavy atom. The lowest BCUT2D eigenvalue weighted by Crippen LogP contribution is -2.31. The first-order valence-electron chi connectivity index (χ1n) is 10.9. The summed E-state index contributed by atoms with van der Waals surface area (Å²) in [5.74, 6) is 1.28. The lowest BCUT2D eigenvalue weighted by molar-refractivity contribution is -0.116. The molecular formula is C26H42OS. The molecule has 0 aromatic rings. The van der Waals surface area contributed by atoms with Gasteiger partial charge in [-0.2, -0.15) is 0 Å². The summed E-state index contributed by atoms with van der Waals surface area (Å²) in [5.41, 5.74) is 5.03. The van der Waals surface area contributed by atoms with E-state index in [1.165, 1.54) is 23.1 Å². The molecule has 0 bridgehead atoms. The van der Waals surface area contributed by atoms with Crippen molar-refractivity contribution in [3.05, 3.63) is 46.6 Å². The van der Waals surface area contributed by atoms with E-state index in [0.717, 1.165) is 31.3 Å². The van der Waals surface area contributed by atoms with Crippen molar-refractivity contribution >= 4 is 17.5 Å². The van der Waals surface area contributed by atoms with E-state index >= 15 is 0 Å². The van der Waals surface area contributed by atoms with Gasteiger partial charge in [-0.05, 0) is 96.3 Å². The van der Waals surface area contributed by atoms with Gasteiger partial charge in [-0.25, -0.2) is 0 Å². The summed E-state index contributed by atoms with van der Waals surface area (Å²) in [6, 6.07) is 0. The first-order chi connectivity index (χ1) is 13.1. The molecule has 0 aliphatic heterocycles. The SMILES string of the molecule is CC(C)=CC/C1=C/C(CC=C(C)C)CCC(CC=C(C)C)C(SC(C)C)C1=O. The largest absolute Gasteiger partial charge is 0.293 e. The van der Waals surface area contributed by atoms with Gasteiger partial charge in [0.15, 0.2) is 5.78 Å². The fourth-order valence-electron chi connectivity index (χ4n) is 3.58. The summed E-state index contributed by atoms with van der Waals surface area (Å²) in [7, 11) is 0. The summed E-state index contributed by atoms with van der Waals surface area (Å²) in [4.78, 5) is 13.6. The molecule has 158 valence electrons. The molecule has 0 aromatic carbocycles. The van der Waals surface area contributed by atoms with Crippen molar-refractivity contribution in [2.24, 2.45) is 11.8 Å². The fraction of sp³-hybridized carbons (Fsp3) is 0.654. The normalized spacial score (nSPS) is 24.7. The van der Waals surface area contributed by atoms with Crippen LogP contribution in [0.1, 0.15) is 87.5 Å². The molecule has 1 rings (SSSR count). The summed E-state index contributed by atoms with van der Waals surface area (Å²) in [6.07, 6.45) is 14.3. The molecule has 0 fully saturated rings. The third-order valence-corrected chi connectivity index (χ3v) is 6.59. The van der Waals surface area contributed by atoms with Gasteiger partial charge in [0.25, 0.3) is 0 Å². The van der Waals surface area contributed by atoms with E-state index in [0.29, 0.717) is 22.9 Å². The Labute approximate surface area is 178 Å². The number of rotatable bonds is 8. The Kier molecular flexibility index (Phi) is 11.2. The van der Waals surface area contributed by atoms with Crippen LogP contribution in [0.4, 0.5) is 0 Å². The van der Waals surface area contributed by atoms with Gasteiger partial charge in [0.2, 0.25) is 0 Å². The maximum Gasteiger partial charge on any atom is 0.172 e. The van der Waals surface area contributed by atoms with Gasteiger partial charge in [0, 0.05) is 0 Å². The average Bonchev–Trinajstić information content (AvgIpc) is 2.58. The molecular weight excluding hydrogens is 360 g/mol. The van der Waals surface area contributed by atoms with Gasteiger partial charge in [-0.1, -0.05) is 54.9 Å². The lowest BCUT2D eigenvalue weighted by Gasteiger charge is -2.31. The average molecular weight is 403 g/mol. The van der Waals surface area contributed by atoms with E-state index in [2.05, 4.69) is 79.7 Å². The number of carbonyl (C=O) groups excluding carboxylic acids is 1. The Balaban J connectivity index is 3.27. The molecule has 3 atom stereocenters. The predicted molar refractivity (Wildman–Crippen MR) is 128 cm³/mol. The predicted octanol–water partition coefficient (Wildman–Crippen LogP) is 8.09. The molecule has 0 amide bonds. The zero-order chi connectivity index (χ0) is 21.3. The number of thioether (sulfide) groups is 1. The molecule has 1 aliphatic rings. The van der Waals surface area contributed by atoms with Gasteiger partial charge >= 0.3 is 0 Å². The van der Waals surface area contributed by atoms with E-state index in [1.807, 2.05) is 11.8 Å². The van der Waals surface area contributed by atoms with Crippen LogP contribution in [0, 0.1) is 11.8 Å². The first-order valence-corrected chi connectivity index (χ1v) is 11.8. The minimum absolute atomic E-state index is 0.0804. The van der Waals surface area contributed by atoms with Crippen LogP contribution in [0.15, 0.2) is 46.6 Å². The highest BCUT2D eigenvalue weighted by molar-refractivity contribution is 8.01. The van der Waals surface area contributed by atoms with Crippen molar-refractivity contribution in [2.75, 3.05) is 0 Å². The second kappa shape index (κ2) is 12.5. The molecule has 0 saturated heterocycles. The lowest BCUT2D eigenvalue weighted by atomic mass is 9.81. The molecule has 0 radical (unpaired) electrons. The molecule has 28 heavy (non-hydrogen) atoms. The van der Waals surface area contributed by atoms with E-state index in [1.54, 1.807) is 0 Å². The quantitative estimate of drug-likeness (QED) is 0.382. The zero-order valence-electron chi connectivity index (χ0n) is 19.5. The third kappa shape index (κ3) is 9.45. The van der Waals surface area contributed by atoms with Crippen LogP contribution in [0.25, 0.3) is 0 Å². The van der Waals surface area contributed by atoms with Crippen LogP contribution in [-0.2, 0) is 4.79 Å². The second-order valence-corrected chi connectivity index (χ2v) is 11.0. The van der Waals surface area contributed by atoms with Gasteiger partial charge in [0.05, 0.1) is 5.25 Å². The first kappa shape index (κ1) is 25.0. The van der Waals surface area contributed by atoms with Crippen LogP contribution < -0.4 is 0 Å². The van der Waals surface area contributed by atoms with Crippen LogP contribution >= 0.6 is 11.8 Å². The summed E-state index contributed by atoms with van der Waals surface area (Å²) >= 11 is 1.87. The van der Waals surface area contributed by atoms with Crippen LogP contribution in [0.3, 0.4) is 0 Å². The van der Waals surface area contributed by atoms with Gasteiger partial charge in [-0.3, -0.25) is 4.79 Å². The number of Topliss-reactive ketones (excluding diaryl/α,β-unsaturated/α-hetero) is 1. The molecule has 0 saturated carbocycles. The third-order valence-electron chi connectivity index (χ3n) is 5.15. The number of ketones is 1. The highest BCUT2D eigenvalue weighted by Crippen LogP contribution is 2.37. The Bertz CT molecular complexity index is 621. The molecule has 1 nitrogen and oxygen atoms in total. The van der Waals surface area contributed by atoms with Crippen molar-refractivity contribution in [2.45, 2.75) is 98.0 Å². The van der Waals surface area contributed by atoms with Crippen LogP contribution in [0.5, 0.6) is 0 Å². The summed E-state index contributed by atoms with van der Waals surface area (Å²) in [5, 5.41) is 0.547. The number of allylic oxidation sites excluding steroid dienone is 8. The van der Waals surface area contributed by atoms with E-state index in [4.69, 9.17) is 0 Å². The summed E-state index contributed by atoms with van der Waals surface area (Å²) in [6.45, 7) is 17.3. The van der Waals surface area contributed by atoms with E-state index < -0.39 is 0 Å². The molecule has 3 unspecified atom stereocenters. The van der Waals surface area contributed by atoms with Crippen molar-refractivity contribution in [1.29, 1.82) is 0 Å². The molecule has 2 heteroatoms. The highest BCUT2D eigenvalue weighted by Gasteiger charge is 2.33. The van der Waals surface area contributed by atoms with E-state index in [9.17, 15) is 4.79 Å². The zero-order valence-corrected chi connectivity index (χ0v) is 20.3. The Morgan fingerprint density at radius 2 is 1.54 bits per heavy atom. The van der Waals surface area contributed by atoms with Crippen LogP contribution in [-0.4, -0.2) is 16.3 Å². The number of carbonyl (C=O) groups is 1. The maximum absolute atomic E-state index is 13.6. The van der Waals surface area contributed by atoms with Crippen molar-refractivity contribution < 1.29 is 4.79 Å². The molecule has 0 N–H and O–H groups in total. The molecule has 0 heterocycles. The van der Waals surface area contributed by atoms with Gasteiger partial charge in [0.1, 0.15) is 0 Å². The second-order valence-electron chi connectivity index (χ2n) is 9.28. The Hall–Kier alpha value is -1.02. The molecule has 0 aromatic heterocycles. The standard InChI is InChI=1S/C26H42OS/c1-18(2)9-12-22-13-16-23(14-10-19(3)4)26(28-21(7)8)25(27)24(17-22)15-11-20(5)6/h9-11,17,21-23,26H,12-16H2,1-8H3/b24-17-. The highest BCUT2D eigenvalue weighted by atomic mass is 32.2. The smallest absolute Gasteiger partial charge is 0.172 e. The van der Waals surface area contributed by atoms with Gasteiger partial charge < -0.3 is 0 Å². The topological polar surface area (TPSA) is 17.1 Å². The number of hydrogen-bond acceptors (Lipinski definition) is 2. The van der Waals surface area contributed by atoms with E-state index in [-0.39, 0.29) is 5.25 Å². The minimum atomic E-state index is 0.0804. The van der Waals surface area contributed by atoms with Crippen molar-refractivity contribution in [3.8, 4) is 0 Å². The summed E-state index contributed by atoms with van der Waals surface area (Å²) < 4.78 is 0. The fourth-order valence-corrected chi connectivity index (χ4v) is 4.91.